The van der Waals surface area contributed by atoms with Crippen LogP contribution in [0.25, 0.3) is 0 Å². The fraction of sp³-hybridized carbons (Fsp3) is 0.762. The van der Waals surface area contributed by atoms with E-state index in [0.717, 1.165) is 31.6 Å². The van der Waals surface area contributed by atoms with Crippen molar-refractivity contribution < 1.29 is 9.53 Å². The van der Waals surface area contributed by atoms with E-state index in [1.807, 2.05) is 13.2 Å². The first-order valence-corrected chi connectivity index (χ1v) is 9.74. The van der Waals surface area contributed by atoms with Gasteiger partial charge in [0.25, 0.3) is 0 Å². The van der Waals surface area contributed by atoms with Crippen LogP contribution in [0.5, 0.6) is 0 Å². The molecule has 0 amide bonds. The van der Waals surface area contributed by atoms with Gasteiger partial charge in [0, 0.05) is 30.8 Å². The van der Waals surface area contributed by atoms with Gasteiger partial charge in [-0.15, -0.1) is 0 Å². The maximum absolute atomic E-state index is 11.4. The van der Waals surface area contributed by atoms with Gasteiger partial charge in [-0.05, 0) is 69.8 Å². The van der Waals surface area contributed by atoms with Crippen LogP contribution in [0.1, 0.15) is 58.8 Å². The van der Waals surface area contributed by atoms with Gasteiger partial charge < -0.3 is 9.64 Å². The standard InChI is InChI=1S/C21H33NO2/c1-4-22-19-11-10-17(24-3)14-18(19)21(2,20(22)12-13-23)15-16-8-6-5-7-9-16/h5-6,12-13,16-19H,4,7-11,14-15H2,1-3H3/b20-12-. The summed E-state index contributed by atoms with van der Waals surface area (Å²) < 4.78 is 5.73. The molecule has 0 spiro atoms. The monoisotopic (exact) mass is 331 g/mol. The van der Waals surface area contributed by atoms with Gasteiger partial charge >= 0.3 is 0 Å². The van der Waals surface area contributed by atoms with Crippen molar-refractivity contribution in [3.05, 3.63) is 23.9 Å². The van der Waals surface area contributed by atoms with Crippen molar-refractivity contribution in [1.82, 2.24) is 4.90 Å². The quantitative estimate of drug-likeness (QED) is 0.426. The lowest BCUT2D eigenvalue weighted by Gasteiger charge is -2.40. The lowest BCUT2D eigenvalue weighted by Crippen LogP contribution is -2.40. The minimum Gasteiger partial charge on any atom is -0.381 e. The summed E-state index contributed by atoms with van der Waals surface area (Å²) in [6.45, 7) is 5.65. The SMILES string of the molecule is CCN1/C(=C\C=O)C(C)(CC2CC=CCC2)C2CC(OC)CCC21. The first-order chi connectivity index (χ1) is 11.6. The Morgan fingerprint density at radius 2 is 2.17 bits per heavy atom. The van der Waals surface area contributed by atoms with E-state index >= 15 is 0 Å². The molecular formula is C21H33NO2. The Hall–Kier alpha value is -1.09. The minimum absolute atomic E-state index is 0.106. The topological polar surface area (TPSA) is 29.5 Å². The van der Waals surface area contributed by atoms with Crippen molar-refractivity contribution >= 4 is 6.29 Å². The number of likely N-dealkylation sites (tertiary alicyclic amines) is 1. The number of allylic oxidation sites excluding steroid dienone is 4. The molecular weight excluding hydrogens is 298 g/mol. The molecule has 3 nitrogen and oxygen atoms in total. The zero-order valence-corrected chi connectivity index (χ0v) is 15.5. The summed E-state index contributed by atoms with van der Waals surface area (Å²) >= 11 is 0. The molecule has 3 aliphatic rings. The van der Waals surface area contributed by atoms with Gasteiger partial charge in [0.05, 0.1) is 6.10 Å². The predicted molar refractivity (Wildman–Crippen MR) is 97.7 cm³/mol. The smallest absolute Gasteiger partial charge is 0.144 e. The molecule has 5 atom stereocenters. The second kappa shape index (κ2) is 7.43. The van der Waals surface area contributed by atoms with Crippen LogP contribution in [0.15, 0.2) is 23.9 Å². The fourth-order valence-electron chi connectivity index (χ4n) is 5.74. The number of carbonyl (C=O) groups is 1. The Kier molecular flexibility index (Phi) is 5.49. The zero-order valence-electron chi connectivity index (χ0n) is 15.5. The molecule has 1 heterocycles. The van der Waals surface area contributed by atoms with Crippen molar-refractivity contribution in [3.63, 3.8) is 0 Å². The van der Waals surface area contributed by atoms with E-state index in [1.165, 1.54) is 37.8 Å². The lowest BCUT2D eigenvalue weighted by molar-refractivity contribution is -0.104. The summed E-state index contributed by atoms with van der Waals surface area (Å²) in [7, 11) is 1.85. The Labute approximate surface area is 147 Å². The number of methoxy groups -OCH3 is 1. The van der Waals surface area contributed by atoms with Crippen LogP contribution in [0.4, 0.5) is 0 Å². The number of hydrogen-bond acceptors (Lipinski definition) is 3. The number of nitrogens with zero attached hydrogens (tertiary/aromatic N) is 1. The number of fused-ring (bicyclic) bond motifs is 1. The van der Waals surface area contributed by atoms with Crippen molar-refractivity contribution in [3.8, 4) is 0 Å². The van der Waals surface area contributed by atoms with Crippen LogP contribution in [-0.4, -0.2) is 37.0 Å². The summed E-state index contributed by atoms with van der Waals surface area (Å²) in [5.74, 6) is 1.35. The van der Waals surface area contributed by atoms with E-state index in [1.54, 1.807) is 0 Å². The van der Waals surface area contributed by atoms with Crippen LogP contribution in [0.3, 0.4) is 0 Å². The second-order valence-corrected chi connectivity index (χ2v) is 8.09. The highest BCUT2D eigenvalue weighted by Gasteiger charge is 2.54. The third-order valence-electron chi connectivity index (χ3n) is 6.87. The highest BCUT2D eigenvalue weighted by atomic mass is 16.5. The Bertz CT molecular complexity index is 512. The summed E-state index contributed by atoms with van der Waals surface area (Å²) in [6, 6.07) is 0.580. The Balaban J connectivity index is 1.92. The first-order valence-electron chi connectivity index (χ1n) is 9.74. The molecule has 0 N–H and O–H groups in total. The van der Waals surface area contributed by atoms with Gasteiger partial charge in [-0.25, -0.2) is 0 Å². The fourth-order valence-corrected chi connectivity index (χ4v) is 5.74. The summed E-state index contributed by atoms with van der Waals surface area (Å²) in [5, 5.41) is 0. The molecule has 2 fully saturated rings. The third-order valence-corrected chi connectivity index (χ3v) is 6.87. The molecule has 0 radical (unpaired) electrons. The van der Waals surface area contributed by atoms with Crippen LogP contribution in [0.2, 0.25) is 0 Å². The normalized spacial score (nSPS) is 40.8. The van der Waals surface area contributed by atoms with Gasteiger partial charge in [0.1, 0.15) is 6.29 Å². The number of ether oxygens (including phenoxy) is 1. The highest BCUT2D eigenvalue weighted by molar-refractivity contribution is 5.67. The van der Waals surface area contributed by atoms with E-state index in [-0.39, 0.29) is 5.41 Å². The van der Waals surface area contributed by atoms with Crippen molar-refractivity contribution in [2.45, 2.75) is 70.9 Å². The molecule has 3 heteroatoms. The van der Waals surface area contributed by atoms with Crippen LogP contribution in [-0.2, 0) is 9.53 Å². The predicted octanol–water partition coefficient (Wildman–Crippen LogP) is 4.34. The summed E-state index contributed by atoms with van der Waals surface area (Å²) in [5.41, 5.74) is 1.40. The van der Waals surface area contributed by atoms with Crippen LogP contribution >= 0.6 is 0 Å². The van der Waals surface area contributed by atoms with Crippen molar-refractivity contribution in [2.75, 3.05) is 13.7 Å². The molecule has 5 unspecified atom stereocenters. The van der Waals surface area contributed by atoms with Gasteiger partial charge in [-0.3, -0.25) is 4.79 Å². The maximum Gasteiger partial charge on any atom is 0.144 e. The largest absolute Gasteiger partial charge is 0.381 e. The Morgan fingerprint density at radius 3 is 2.79 bits per heavy atom. The second-order valence-electron chi connectivity index (χ2n) is 8.09. The number of rotatable bonds is 5. The van der Waals surface area contributed by atoms with Gasteiger partial charge in [0.2, 0.25) is 0 Å². The summed E-state index contributed by atoms with van der Waals surface area (Å²) in [4.78, 5) is 13.9. The van der Waals surface area contributed by atoms with E-state index in [0.29, 0.717) is 18.1 Å². The van der Waals surface area contributed by atoms with Gasteiger partial charge in [-0.1, -0.05) is 19.1 Å². The molecule has 134 valence electrons. The average Bonchev–Trinajstić information content (AvgIpc) is 2.84. The van der Waals surface area contributed by atoms with E-state index in [9.17, 15) is 4.79 Å². The molecule has 2 aliphatic carbocycles. The van der Waals surface area contributed by atoms with Crippen molar-refractivity contribution in [2.24, 2.45) is 17.3 Å². The van der Waals surface area contributed by atoms with Gasteiger partial charge in [0.15, 0.2) is 0 Å². The first kappa shape index (κ1) is 17.7. The molecule has 0 bridgehead atoms. The number of hydrogen-bond donors (Lipinski definition) is 0. The molecule has 1 aliphatic heterocycles. The van der Waals surface area contributed by atoms with Gasteiger partial charge in [-0.2, -0.15) is 0 Å². The van der Waals surface area contributed by atoms with E-state index in [2.05, 4.69) is 30.9 Å². The zero-order chi connectivity index (χ0) is 17.2. The summed E-state index contributed by atoms with van der Waals surface area (Å²) in [6.07, 6.45) is 16.3. The minimum atomic E-state index is 0.106. The molecule has 24 heavy (non-hydrogen) atoms. The molecule has 0 aromatic rings. The number of aldehydes is 1. The third kappa shape index (κ3) is 3.08. The van der Waals surface area contributed by atoms with E-state index in [4.69, 9.17) is 4.74 Å². The molecule has 3 rings (SSSR count). The lowest BCUT2D eigenvalue weighted by atomic mass is 9.64. The van der Waals surface area contributed by atoms with Crippen LogP contribution in [0, 0.1) is 17.3 Å². The van der Waals surface area contributed by atoms with Crippen LogP contribution < -0.4 is 0 Å². The molecule has 1 saturated heterocycles. The Morgan fingerprint density at radius 1 is 1.33 bits per heavy atom. The molecule has 1 saturated carbocycles. The van der Waals surface area contributed by atoms with Crippen molar-refractivity contribution in [1.29, 1.82) is 0 Å². The maximum atomic E-state index is 11.4. The highest BCUT2D eigenvalue weighted by Crippen LogP contribution is 2.57. The molecule has 0 aromatic heterocycles. The number of carbonyl (C=O) groups excluding carboxylic acids is 1. The molecule has 0 aromatic carbocycles. The average molecular weight is 332 g/mol. The van der Waals surface area contributed by atoms with E-state index < -0.39 is 0 Å².